The zero-order valence-electron chi connectivity index (χ0n) is 15.4. The van der Waals surface area contributed by atoms with Gasteiger partial charge in [-0.3, -0.25) is 4.98 Å². The molecule has 0 aliphatic heterocycles. The number of methoxy groups -OCH3 is 3. The van der Waals surface area contributed by atoms with Crippen LogP contribution in [0.1, 0.15) is 5.56 Å². The van der Waals surface area contributed by atoms with E-state index in [1.165, 1.54) is 6.33 Å². The number of hydrogen-bond acceptors (Lipinski definition) is 8. The molecule has 1 aromatic carbocycles. The third-order valence-corrected chi connectivity index (χ3v) is 3.83. The van der Waals surface area contributed by atoms with Crippen molar-refractivity contribution in [3.8, 4) is 17.2 Å². The van der Waals surface area contributed by atoms with E-state index in [2.05, 4.69) is 25.6 Å². The van der Waals surface area contributed by atoms with E-state index in [1.807, 2.05) is 30.3 Å². The van der Waals surface area contributed by atoms with Crippen molar-refractivity contribution in [2.24, 2.45) is 0 Å². The molecule has 2 N–H and O–H groups in total. The summed E-state index contributed by atoms with van der Waals surface area (Å²) in [4.78, 5) is 12.5. The molecular weight excluding hydrogens is 346 g/mol. The number of nitrogens with zero attached hydrogens (tertiary/aromatic N) is 3. The number of aromatic nitrogens is 3. The van der Waals surface area contributed by atoms with Gasteiger partial charge in [0.2, 0.25) is 5.75 Å². The summed E-state index contributed by atoms with van der Waals surface area (Å²) in [5, 5.41) is 6.49. The molecule has 0 unspecified atom stereocenters. The molecule has 0 radical (unpaired) electrons. The molecule has 0 aliphatic carbocycles. The maximum absolute atomic E-state index is 5.37. The summed E-state index contributed by atoms with van der Waals surface area (Å²) in [5.74, 6) is 3.00. The first-order valence-electron chi connectivity index (χ1n) is 8.25. The smallest absolute Gasteiger partial charge is 0.203 e. The minimum atomic E-state index is 0.535. The van der Waals surface area contributed by atoms with Gasteiger partial charge in [0.25, 0.3) is 0 Å². The predicted octanol–water partition coefficient (Wildman–Crippen LogP) is 3.25. The van der Waals surface area contributed by atoms with Gasteiger partial charge in [-0.25, -0.2) is 9.97 Å². The third-order valence-electron chi connectivity index (χ3n) is 3.83. The molecule has 0 saturated carbocycles. The van der Waals surface area contributed by atoms with Gasteiger partial charge in [-0.1, -0.05) is 0 Å². The second kappa shape index (κ2) is 8.70. The van der Waals surface area contributed by atoms with Crippen molar-refractivity contribution in [1.82, 2.24) is 15.0 Å². The number of nitrogens with one attached hydrogen (secondary N) is 2. The van der Waals surface area contributed by atoms with E-state index in [0.29, 0.717) is 35.4 Å². The fraction of sp³-hybridized carbons (Fsp3) is 0.211. The minimum Gasteiger partial charge on any atom is -0.493 e. The van der Waals surface area contributed by atoms with Crippen molar-refractivity contribution < 1.29 is 14.2 Å². The average Bonchev–Trinajstić information content (AvgIpc) is 2.72. The van der Waals surface area contributed by atoms with Crippen LogP contribution in [-0.2, 0) is 6.54 Å². The number of ether oxygens (including phenoxy) is 3. The van der Waals surface area contributed by atoms with Crippen molar-refractivity contribution in [3.63, 3.8) is 0 Å². The molecule has 8 nitrogen and oxygen atoms in total. The van der Waals surface area contributed by atoms with Crippen molar-refractivity contribution in [1.29, 1.82) is 0 Å². The van der Waals surface area contributed by atoms with Gasteiger partial charge in [0.15, 0.2) is 11.5 Å². The summed E-state index contributed by atoms with van der Waals surface area (Å²) in [7, 11) is 4.72. The third kappa shape index (κ3) is 4.55. The van der Waals surface area contributed by atoms with E-state index in [0.717, 1.165) is 11.3 Å². The van der Waals surface area contributed by atoms with Crippen LogP contribution in [0.3, 0.4) is 0 Å². The molecule has 0 aliphatic rings. The fourth-order valence-electron chi connectivity index (χ4n) is 2.52. The summed E-state index contributed by atoms with van der Waals surface area (Å²) in [6.45, 7) is 0.642. The van der Waals surface area contributed by atoms with Crippen molar-refractivity contribution in [3.05, 3.63) is 54.6 Å². The number of pyridine rings is 1. The highest BCUT2D eigenvalue weighted by Gasteiger charge is 2.13. The summed E-state index contributed by atoms with van der Waals surface area (Å²) in [5.41, 5.74) is 1.87. The van der Waals surface area contributed by atoms with Gasteiger partial charge in [-0.2, -0.15) is 0 Å². The second-order valence-electron chi connectivity index (χ2n) is 5.54. The molecule has 3 aromatic rings. The Morgan fingerprint density at radius 1 is 0.852 bits per heavy atom. The van der Waals surface area contributed by atoms with Gasteiger partial charge in [0.1, 0.15) is 18.0 Å². The molecule has 0 bridgehead atoms. The fourth-order valence-corrected chi connectivity index (χ4v) is 2.52. The monoisotopic (exact) mass is 367 g/mol. The molecule has 0 fully saturated rings. The highest BCUT2D eigenvalue weighted by atomic mass is 16.5. The SMILES string of the molecule is COc1cc(Nc2cc(NCc3ccncc3)ncn2)cc(OC)c1OC. The number of rotatable bonds is 8. The van der Waals surface area contributed by atoms with Crippen LogP contribution >= 0.6 is 0 Å². The van der Waals surface area contributed by atoms with E-state index in [9.17, 15) is 0 Å². The van der Waals surface area contributed by atoms with Crippen LogP contribution in [0.2, 0.25) is 0 Å². The van der Waals surface area contributed by atoms with Gasteiger partial charge in [0.05, 0.1) is 21.3 Å². The van der Waals surface area contributed by atoms with Crippen LogP contribution in [-0.4, -0.2) is 36.3 Å². The minimum absolute atomic E-state index is 0.535. The largest absolute Gasteiger partial charge is 0.493 e. The van der Waals surface area contributed by atoms with Crippen molar-refractivity contribution in [2.45, 2.75) is 6.54 Å². The molecular formula is C19H21N5O3. The molecule has 2 aromatic heterocycles. The highest BCUT2D eigenvalue weighted by molar-refractivity contribution is 5.67. The zero-order valence-corrected chi connectivity index (χ0v) is 15.4. The Labute approximate surface area is 157 Å². The lowest BCUT2D eigenvalue weighted by atomic mass is 10.2. The molecule has 0 saturated heterocycles. The Morgan fingerprint density at radius 2 is 1.52 bits per heavy atom. The number of hydrogen-bond donors (Lipinski definition) is 2. The van der Waals surface area contributed by atoms with Crippen LogP contribution < -0.4 is 24.8 Å². The van der Waals surface area contributed by atoms with Crippen molar-refractivity contribution in [2.75, 3.05) is 32.0 Å². The molecule has 0 amide bonds. The first-order valence-corrected chi connectivity index (χ1v) is 8.25. The van der Waals surface area contributed by atoms with Gasteiger partial charge in [0, 0.05) is 42.8 Å². The lowest BCUT2D eigenvalue weighted by molar-refractivity contribution is 0.324. The van der Waals surface area contributed by atoms with Crippen molar-refractivity contribution >= 4 is 17.3 Å². The van der Waals surface area contributed by atoms with Crippen LogP contribution in [0, 0.1) is 0 Å². The van der Waals surface area contributed by atoms with Crippen LogP contribution in [0.15, 0.2) is 49.1 Å². The molecule has 8 heteroatoms. The quantitative estimate of drug-likeness (QED) is 0.627. The Morgan fingerprint density at radius 3 is 2.15 bits per heavy atom. The highest BCUT2D eigenvalue weighted by Crippen LogP contribution is 2.40. The summed E-state index contributed by atoms with van der Waals surface area (Å²) < 4.78 is 16.1. The number of benzene rings is 1. The second-order valence-corrected chi connectivity index (χ2v) is 5.54. The molecule has 140 valence electrons. The number of anilines is 3. The lowest BCUT2D eigenvalue weighted by Gasteiger charge is -2.15. The Bertz CT molecular complexity index is 865. The molecule has 0 atom stereocenters. The summed E-state index contributed by atoms with van der Waals surface area (Å²) in [6, 6.07) is 9.35. The topological polar surface area (TPSA) is 90.4 Å². The summed E-state index contributed by atoms with van der Waals surface area (Å²) in [6.07, 6.45) is 5.01. The molecule has 3 rings (SSSR count). The lowest BCUT2D eigenvalue weighted by Crippen LogP contribution is -2.03. The Balaban J connectivity index is 1.76. The summed E-state index contributed by atoms with van der Waals surface area (Å²) >= 11 is 0. The predicted molar refractivity (Wildman–Crippen MR) is 103 cm³/mol. The van der Waals surface area contributed by atoms with Gasteiger partial charge in [-0.05, 0) is 17.7 Å². The van der Waals surface area contributed by atoms with E-state index < -0.39 is 0 Å². The van der Waals surface area contributed by atoms with E-state index in [4.69, 9.17) is 14.2 Å². The van der Waals surface area contributed by atoms with Crippen LogP contribution in [0.5, 0.6) is 17.2 Å². The molecule has 27 heavy (non-hydrogen) atoms. The normalized spacial score (nSPS) is 10.2. The standard InChI is InChI=1S/C19H21N5O3/c1-25-15-8-14(9-16(26-2)19(15)27-3)24-18-10-17(22-12-23-18)21-11-13-4-6-20-7-5-13/h4-10,12H,11H2,1-3H3,(H2,21,22,23,24). The average molecular weight is 367 g/mol. The van der Waals surface area contributed by atoms with Gasteiger partial charge >= 0.3 is 0 Å². The first kappa shape index (κ1) is 18.2. The van der Waals surface area contributed by atoms with Gasteiger partial charge in [-0.15, -0.1) is 0 Å². The first-order chi connectivity index (χ1) is 13.2. The van der Waals surface area contributed by atoms with Crippen LogP contribution in [0.25, 0.3) is 0 Å². The Kier molecular flexibility index (Phi) is 5.88. The molecule has 2 heterocycles. The van der Waals surface area contributed by atoms with E-state index in [-0.39, 0.29) is 0 Å². The van der Waals surface area contributed by atoms with E-state index in [1.54, 1.807) is 33.7 Å². The molecule has 0 spiro atoms. The zero-order chi connectivity index (χ0) is 19.1. The maximum Gasteiger partial charge on any atom is 0.203 e. The maximum atomic E-state index is 5.37. The van der Waals surface area contributed by atoms with Gasteiger partial charge < -0.3 is 24.8 Å². The Hall–Kier alpha value is -3.55. The van der Waals surface area contributed by atoms with E-state index >= 15 is 0 Å². The van der Waals surface area contributed by atoms with Crippen LogP contribution in [0.4, 0.5) is 17.3 Å².